The van der Waals surface area contributed by atoms with Crippen LogP contribution in [0, 0.1) is 0 Å². The standard InChI is InChI=1S/C17H18F3N5O2S/c1-21-28(26,27)15(7-6-14-11-25(2)12-24-14)4-3-9-22-16-8-5-13(10-23-16)17(18,19)20/h3-12,21H,1-2H3,(H,22,23)/b7-6+,9-3+,15-4+. The third kappa shape index (κ3) is 6.06. The molecule has 150 valence electrons. The molecule has 0 aromatic carbocycles. The zero-order chi connectivity index (χ0) is 20.8. The molecule has 0 amide bonds. The maximum absolute atomic E-state index is 12.5. The third-order valence-corrected chi connectivity index (χ3v) is 4.83. The second kappa shape index (κ2) is 8.85. The van der Waals surface area contributed by atoms with Gasteiger partial charge in [-0.2, -0.15) is 13.2 Å². The predicted molar refractivity (Wildman–Crippen MR) is 100 cm³/mol. The van der Waals surface area contributed by atoms with Crippen LogP contribution in [0.5, 0.6) is 0 Å². The number of nitrogens with zero attached hydrogens (tertiary/aromatic N) is 3. The lowest BCUT2D eigenvalue weighted by molar-refractivity contribution is -0.137. The van der Waals surface area contributed by atoms with Gasteiger partial charge in [-0.25, -0.2) is 23.1 Å². The van der Waals surface area contributed by atoms with E-state index in [0.717, 1.165) is 6.07 Å². The van der Waals surface area contributed by atoms with E-state index in [1.165, 1.54) is 37.5 Å². The van der Waals surface area contributed by atoms with Crippen LogP contribution >= 0.6 is 0 Å². The minimum absolute atomic E-state index is 0.0286. The predicted octanol–water partition coefficient (Wildman–Crippen LogP) is 2.91. The summed E-state index contributed by atoms with van der Waals surface area (Å²) in [5.74, 6) is 0.180. The molecule has 0 radical (unpaired) electrons. The number of hydrogen-bond acceptors (Lipinski definition) is 5. The number of imidazole rings is 1. The Balaban J connectivity index is 2.12. The highest BCUT2D eigenvalue weighted by molar-refractivity contribution is 7.93. The van der Waals surface area contributed by atoms with Crippen LogP contribution in [-0.4, -0.2) is 30.0 Å². The molecule has 2 N–H and O–H groups in total. The summed E-state index contributed by atoms with van der Waals surface area (Å²) in [6.45, 7) is 0. The molecule has 2 aromatic rings. The fourth-order valence-corrected chi connectivity index (χ4v) is 2.70. The number of aryl methyl sites for hydroxylation is 1. The first kappa shape index (κ1) is 21.4. The lowest BCUT2D eigenvalue weighted by Gasteiger charge is -2.06. The molecule has 0 aliphatic carbocycles. The number of rotatable bonds is 7. The molecule has 0 aliphatic rings. The van der Waals surface area contributed by atoms with Gasteiger partial charge in [0, 0.05) is 25.6 Å². The van der Waals surface area contributed by atoms with Gasteiger partial charge in [-0.15, -0.1) is 0 Å². The third-order valence-electron chi connectivity index (χ3n) is 3.40. The topological polar surface area (TPSA) is 88.9 Å². The molecule has 0 bridgehead atoms. The van der Waals surface area contributed by atoms with Gasteiger partial charge in [-0.1, -0.05) is 0 Å². The second-order valence-corrected chi connectivity index (χ2v) is 7.39. The summed E-state index contributed by atoms with van der Waals surface area (Å²) in [7, 11) is -0.650. The average Bonchev–Trinajstić information content (AvgIpc) is 3.05. The molecule has 11 heteroatoms. The molecule has 7 nitrogen and oxygen atoms in total. The molecule has 0 aliphatic heterocycles. The van der Waals surface area contributed by atoms with Crippen molar-refractivity contribution in [3.05, 3.63) is 71.4 Å². The Bertz CT molecular complexity index is 991. The average molecular weight is 413 g/mol. The molecule has 2 aromatic heterocycles. The Morgan fingerprint density at radius 1 is 1.25 bits per heavy atom. The summed E-state index contributed by atoms with van der Waals surface area (Å²) in [6, 6.07) is 2.06. The van der Waals surface area contributed by atoms with Crippen LogP contribution in [0.3, 0.4) is 0 Å². The highest BCUT2D eigenvalue weighted by Gasteiger charge is 2.30. The Kier molecular flexibility index (Phi) is 6.75. The summed E-state index contributed by atoms with van der Waals surface area (Å²) in [5, 5.41) is 2.67. The first-order valence-corrected chi connectivity index (χ1v) is 9.36. The molecule has 28 heavy (non-hydrogen) atoms. The smallest absolute Gasteiger partial charge is 0.347 e. The molecule has 0 unspecified atom stereocenters. The number of anilines is 1. The number of sulfonamides is 1. The molecule has 0 saturated carbocycles. The van der Waals surface area contributed by atoms with Crippen LogP contribution in [0.15, 0.2) is 60.2 Å². The van der Waals surface area contributed by atoms with Crippen molar-refractivity contribution in [3.63, 3.8) is 0 Å². The Hall–Kier alpha value is -2.92. The van der Waals surface area contributed by atoms with Crippen LogP contribution in [0.1, 0.15) is 11.3 Å². The molecular weight excluding hydrogens is 395 g/mol. The van der Waals surface area contributed by atoms with Gasteiger partial charge in [0.05, 0.1) is 22.5 Å². The van der Waals surface area contributed by atoms with Gasteiger partial charge in [-0.3, -0.25) is 0 Å². The van der Waals surface area contributed by atoms with Gasteiger partial charge >= 0.3 is 6.18 Å². The Morgan fingerprint density at radius 2 is 2.00 bits per heavy atom. The minimum atomic E-state index is -4.46. The number of pyridine rings is 1. The Labute approximate surface area is 160 Å². The number of halogens is 3. The van der Waals surface area contributed by atoms with Crippen molar-refractivity contribution in [3.8, 4) is 0 Å². The molecular formula is C17H18F3N5O2S. The zero-order valence-corrected chi connectivity index (χ0v) is 15.8. The number of hydrogen-bond donors (Lipinski definition) is 2. The number of allylic oxidation sites excluding steroid dienone is 3. The monoisotopic (exact) mass is 413 g/mol. The van der Waals surface area contributed by atoms with E-state index in [9.17, 15) is 21.6 Å². The summed E-state index contributed by atoms with van der Waals surface area (Å²) < 4.78 is 65.6. The first-order valence-electron chi connectivity index (χ1n) is 7.88. The fourth-order valence-electron chi connectivity index (χ4n) is 1.96. The second-order valence-electron chi connectivity index (χ2n) is 5.51. The quantitative estimate of drug-likeness (QED) is 0.682. The fraction of sp³-hybridized carbons (Fsp3) is 0.176. The van der Waals surface area contributed by atoms with E-state index in [1.54, 1.807) is 30.2 Å². The maximum Gasteiger partial charge on any atom is 0.417 e. The van der Waals surface area contributed by atoms with Crippen LogP contribution in [0.4, 0.5) is 19.0 Å². The maximum atomic E-state index is 12.5. The van der Waals surface area contributed by atoms with Gasteiger partial charge in [0.15, 0.2) is 0 Å². The van der Waals surface area contributed by atoms with Crippen molar-refractivity contribution < 1.29 is 21.6 Å². The van der Waals surface area contributed by atoms with Gasteiger partial charge in [0.25, 0.3) is 0 Å². The van der Waals surface area contributed by atoms with Gasteiger partial charge in [-0.05, 0) is 43.5 Å². The molecule has 0 atom stereocenters. The van der Waals surface area contributed by atoms with E-state index in [2.05, 4.69) is 20.0 Å². The van der Waals surface area contributed by atoms with Gasteiger partial charge < -0.3 is 9.88 Å². The highest BCUT2D eigenvalue weighted by atomic mass is 32.2. The minimum Gasteiger partial charge on any atom is -0.347 e. The van der Waals surface area contributed by atoms with E-state index in [-0.39, 0.29) is 10.7 Å². The highest BCUT2D eigenvalue weighted by Crippen LogP contribution is 2.28. The lowest BCUT2D eigenvalue weighted by atomic mass is 10.3. The Morgan fingerprint density at radius 3 is 2.54 bits per heavy atom. The number of alkyl halides is 3. The summed E-state index contributed by atoms with van der Waals surface area (Å²) >= 11 is 0. The summed E-state index contributed by atoms with van der Waals surface area (Å²) in [6.07, 6.45) is 6.54. The van der Waals surface area contributed by atoms with Crippen LogP contribution in [0.25, 0.3) is 6.08 Å². The SMILES string of the molecule is CNS(=O)(=O)C(/C=C/c1cn(C)cn1)=C/C=C/Nc1ccc(C(F)(F)F)cn1. The van der Waals surface area contributed by atoms with Crippen molar-refractivity contribution in [2.24, 2.45) is 7.05 Å². The summed E-state index contributed by atoms with van der Waals surface area (Å²) in [4.78, 5) is 7.69. The van der Waals surface area contributed by atoms with Gasteiger partial charge in [0.2, 0.25) is 10.0 Å². The van der Waals surface area contributed by atoms with Crippen molar-refractivity contribution in [2.45, 2.75) is 6.18 Å². The van der Waals surface area contributed by atoms with E-state index < -0.39 is 21.8 Å². The molecule has 0 fully saturated rings. The van der Waals surface area contributed by atoms with Crippen LogP contribution in [-0.2, 0) is 23.2 Å². The van der Waals surface area contributed by atoms with Crippen molar-refractivity contribution in [1.29, 1.82) is 0 Å². The van der Waals surface area contributed by atoms with E-state index >= 15 is 0 Å². The normalized spacial score (nSPS) is 13.5. The summed E-state index contributed by atoms with van der Waals surface area (Å²) in [5.41, 5.74) is -0.278. The molecule has 0 saturated heterocycles. The van der Waals surface area contributed by atoms with E-state index in [4.69, 9.17) is 0 Å². The van der Waals surface area contributed by atoms with Crippen molar-refractivity contribution in [2.75, 3.05) is 12.4 Å². The van der Waals surface area contributed by atoms with Crippen molar-refractivity contribution in [1.82, 2.24) is 19.3 Å². The molecule has 2 rings (SSSR count). The molecule has 0 spiro atoms. The first-order chi connectivity index (χ1) is 13.1. The van der Waals surface area contributed by atoms with E-state index in [1.807, 2.05) is 0 Å². The number of nitrogens with one attached hydrogen (secondary N) is 2. The van der Waals surface area contributed by atoms with Crippen LogP contribution in [0.2, 0.25) is 0 Å². The van der Waals surface area contributed by atoms with E-state index in [0.29, 0.717) is 11.9 Å². The largest absolute Gasteiger partial charge is 0.417 e. The lowest BCUT2D eigenvalue weighted by Crippen LogP contribution is -2.19. The van der Waals surface area contributed by atoms with Gasteiger partial charge in [0.1, 0.15) is 5.82 Å². The van der Waals surface area contributed by atoms with Crippen molar-refractivity contribution >= 4 is 21.9 Å². The number of aromatic nitrogens is 3. The van der Waals surface area contributed by atoms with Crippen LogP contribution < -0.4 is 10.0 Å². The molecule has 2 heterocycles. The zero-order valence-electron chi connectivity index (χ0n) is 15.0.